The van der Waals surface area contributed by atoms with Crippen molar-refractivity contribution < 1.29 is 9.18 Å². The number of carbonyl (C=O) groups excluding carboxylic acids is 1. The SMILES string of the molecule is O=CNc1cn2c(n1)CC=CC(c1c(-c3ccc(F)cc3)ncn1C1CNC1)=N2. The molecule has 0 spiro atoms. The Balaban J connectivity index is 1.64. The molecular formula is C20H18FN7O. The molecule has 0 atom stereocenters. The fraction of sp³-hybridized carbons (Fsp3) is 0.200. The minimum atomic E-state index is -0.289. The predicted octanol–water partition coefficient (Wildman–Crippen LogP) is 1.96. The Morgan fingerprint density at radius 3 is 2.79 bits per heavy atom. The van der Waals surface area contributed by atoms with Crippen LogP contribution in [0.4, 0.5) is 10.2 Å². The van der Waals surface area contributed by atoms with Crippen LogP contribution in [0, 0.1) is 5.82 Å². The van der Waals surface area contributed by atoms with Crippen molar-refractivity contribution in [1.29, 1.82) is 0 Å². The van der Waals surface area contributed by atoms with Gasteiger partial charge in [0.1, 0.15) is 17.4 Å². The Morgan fingerprint density at radius 1 is 1.24 bits per heavy atom. The van der Waals surface area contributed by atoms with Crippen molar-refractivity contribution in [1.82, 2.24) is 24.5 Å². The maximum absolute atomic E-state index is 13.4. The van der Waals surface area contributed by atoms with E-state index in [2.05, 4.69) is 25.2 Å². The average Bonchev–Trinajstić information content (AvgIpc) is 3.20. The maximum atomic E-state index is 13.4. The number of carbonyl (C=O) groups is 1. The summed E-state index contributed by atoms with van der Waals surface area (Å²) in [6, 6.07) is 6.58. The standard InChI is InChI=1S/C20H18FN7O/c21-14-6-4-13(5-7-14)19-20(27(11-23-19)15-8-22-9-15)16-2-1-3-18-25-17(24-12-29)10-28(18)26-16/h1-2,4-7,10-12,15,22H,3,8-9H2,(H,24,29). The summed E-state index contributed by atoms with van der Waals surface area (Å²) in [4.78, 5) is 19.7. The van der Waals surface area contributed by atoms with E-state index in [1.807, 2.05) is 18.5 Å². The highest BCUT2D eigenvalue weighted by Crippen LogP contribution is 2.28. The van der Waals surface area contributed by atoms with Gasteiger partial charge in [0.25, 0.3) is 0 Å². The number of hydrogen-bond acceptors (Lipinski definition) is 5. The number of anilines is 1. The van der Waals surface area contributed by atoms with Gasteiger partial charge >= 0.3 is 0 Å². The predicted molar refractivity (Wildman–Crippen MR) is 106 cm³/mol. The number of rotatable bonds is 5. The molecule has 9 heteroatoms. The Labute approximate surface area is 165 Å². The first-order valence-electron chi connectivity index (χ1n) is 9.31. The van der Waals surface area contributed by atoms with Crippen LogP contribution in [0.1, 0.15) is 17.6 Å². The summed E-state index contributed by atoms with van der Waals surface area (Å²) in [6.07, 6.45) is 8.61. The molecule has 3 aromatic rings. The zero-order chi connectivity index (χ0) is 19.8. The lowest BCUT2D eigenvalue weighted by Crippen LogP contribution is -2.44. The summed E-state index contributed by atoms with van der Waals surface area (Å²) < 4.78 is 17.2. The molecule has 1 amide bonds. The number of hydrogen-bond donors (Lipinski definition) is 2. The lowest BCUT2D eigenvalue weighted by atomic mass is 10.1. The Morgan fingerprint density at radius 2 is 2.07 bits per heavy atom. The van der Waals surface area contributed by atoms with Gasteiger partial charge in [0.2, 0.25) is 6.41 Å². The molecule has 1 saturated heterocycles. The molecule has 0 saturated carbocycles. The maximum Gasteiger partial charge on any atom is 0.212 e. The molecule has 0 radical (unpaired) electrons. The van der Waals surface area contributed by atoms with E-state index in [1.54, 1.807) is 23.0 Å². The summed E-state index contributed by atoms with van der Waals surface area (Å²) in [6.45, 7) is 1.71. The zero-order valence-electron chi connectivity index (χ0n) is 15.4. The number of nitrogens with one attached hydrogen (secondary N) is 2. The summed E-state index contributed by atoms with van der Waals surface area (Å²) in [5.74, 6) is 0.882. The third kappa shape index (κ3) is 3.15. The molecule has 2 aromatic heterocycles. The molecule has 4 heterocycles. The summed E-state index contributed by atoms with van der Waals surface area (Å²) in [5, 5.41) is 10.6. The van der Waals surface area contributed by atoms with Crippen LogP contribution < -0.4 is 10.6 Å². The highest BCUT2D eigenvalue weighted by atomic mass is 19.1. The molecular weight excluding hydrogens is 373 g/mol. The molecule has 0 aliphatic carbocycles. The van der Waals surface area contributed by atoms with Gasteiger partial charge < -0.3 is 15.2 Å². The molecule has 5 rings (SSSR count). The fourth-order valence-corrected chi connectivity index (χ4v) is 3.50. The number of allylic oxidation sites excluding steroid dienone is 2. The number of benzene rings is 1. The van der Waals surface area contributed by atoms with Crippen LogP contribution >= 0.6 is 0 Å². The molecule has 1 fully saturated rings. The third-order valence-electron chi connectivity index (χ3n) is 5.06. The smallest absolute Gasteiger partial charge is 0.212 e. The quantitative estimate of drug-likeness (QED) is 0.651. The second-order valence-electron chi connectivity index (χ2n) is 6.91. The molecule has 29 heavy (non-hydrogen) atoms. The van der Waals surface area contributed by atoms with Crippen LogP contribution in [-0.2, 0) is 11.2 Å². The number of imidazole rings is 2. The van der Waals surface area contributed by atoms with E-state index < -0.39 is 0 Å². The van der Waals surface area contributed by atoms with E-state index in [0.717, 1.165) is 41.6 Å². The Hall–Kier alpha value is -3.59. The molecule has 0 bridgehead atoms. The van der Waals surface area contributed by atoms with Crippen molar-refractivity contribution in [3.63, 3.8) is 0 Å². The summed E-state index contributed by atoms with van der Waals surface area (Å²) in [7, 11) is 0. The highest BCUT2D eigenvalue weighted by Gasteiger charge is 2.26. The van der Waals surface area contributed by atoms with E-state index in [9.17, 15) is 9.18 Å². The van der Waals surface area contributed by atoms with E-state index in [-0.39, 0.29) is 11.9 Å². The second kappa shape index (κ2) is 7.10. The molecule has 2 N–H and O–H groups in total. The topological polar surface area (TPSA) is 89.1 Å². The third-order valence-corrected chi connectivity index (χ3v) is 5.06. The first kappa shape index (κ1) is 17.5. The largest absolute Gasteiger partial charge is 0.323 e. The monoisotopic (exact) mass is 391 g/mol. The number of amides is 1. The van der Waals surface area contributed by atoms with Crippen LogP contribution in [0.15, 0.2) is 54.0 Å². The van der Waals surface area contributed by atoms with E-state index in [4.69, 9.17) is 5.10 Å². The van der Waals surface area contributed by atoms with Crippen molar-refractivity contribution >= 4 is 17.9 Å². The Bertz CT molecular complexity index is 1120. The summed E-state index contributed by atoms with van der Waals surface area (Å²) >= 11 is 0. The van der Waals surface area contributed by atoms with Crippen molar-refractivity contribution in [2.24, 2.45) is 5.10 Å². The molecule has 1 aromatic carbocycles. The van der Waals surface area contributed by atoms with Gasteiger partial charge in [-0.15, -0.1) is 0 Å². The van der Waals surface area contributed by atoms with Crippen LogP contribution in [0.25, 0.3) is 11.3 Å². The van der Waals surface area contributed by atoms with Gasteiger partial charge in [0.15, 0.2) is 5.82 Å². The van der Waals surface area contributed by atoms with Crippen LogP contribution in [0.5, 0.6) is 0 Å². The molecule has 8 nitrogen and oxygen atoms in total. The first-order valence-corrected chi connectivity index (χ1v) is 9.31. The van der Waals surface area contributed by atoms with Crippen LogP contribution in [-0.4, -0.2) is 44.4 Å². The van der Waals surface area contributed by atoms with Gasteiger partial charge in [-0.3, -0.25) is 4.79 Å². The average molecular weight is 391 g/mol. The van der Waals surface area contributed by atoms with Crippen molar-refractivity contribution in [3.8, 4) is 11.3 Å². The molecule has 146 valence electrons. The van der Waals surface area contributed by atoms with Crippen LogP contribution in [0.2, 0.25) is 0 Å². The summed E-state index contributed by atoms with van der Waals surface area (Å²) in [5.41, 5.74) is 3.16. The zero-order valence-corrected chi connectivity index (χ0v) is 15.4. The van der Waals surface area contributed by atoms with Gasteiger partial charge in [0.05, 0.1) is 30.0 Å². The molecule has 2 aliphatic heterocycles. The number of nitrogens with zero attached hydrogens (tertiary/aromatic N) is 5. The second-order valence-corrected chi connectivity index (χ2v) is 6.91. The minimum absolute atomic E-state index is 0.278. The van der Waals surface area contributed by atoms with Gasteiger partial charge in [-0.1, -0.05) is 6.08 Å². The highest BCUT2D eigenvalue weighted by molar-refractivity contribution is 6.11. The van der Waals surface area contributed by atoms with Crippen molar-refractivity contribution in [2.75, 3.05) is 18.4 Å². The number of fused-ring (bicyclic) bond motifs is 1. The fourth-order valence-electron chi connectivity index (χ4n) is 3.50. The normalized spacial score (nSPS) is 16.0. The lowest BCUT2D eigenvalue weighted by Gasteiger charge is -2.30. The minimum Gasteiger partial charge on any atom is -0.323 e. The van der Waals surface area contributed by atoms with Crippen molar-refractivity contribution in [3.05, 3.63) is 66.3 Å². The molecule has 0 unspecified atom stereocenters. The van der Waals surface area contributed by atoms with Gasteiger partial charge in [-0.05, 0) is 30.3 Å². The van der Waals surface area contributed by atoms with Crippen LogP contribution in [0.3, 0.4) is 0 Å². The van der Waals surface area contributed by atoms with Gasteiger partial charge in [-0.25, -0.2) is 19.0 Å². The molecule has 2 aliphatic rings. The van der Waals surface area contributed by atoms with Crippen molar-refractivity contribution in [2.45, 2.75) is 12.5 Å². The number of aromatic nitrogens is 4. The van der Waals surface area contributed by atoms with Gasteiger partial charge in [-0.2, -0.15) is 5.10 Å². The lowest BCUT2D eigenvalue weighted by molar-refractivity contribution is -0.105. The van der Waals surface area contributed by atoms with E-state index in [1.165, 1.54) is 12.1 Å². The van der Waals surface area contributed by atoms with E-state index >= 15 is 0 Å². The Kier molecular flexibility index (Phi) is 4.28. The van der Waals surface area contributed by atoms with Gasteiger partial charge in [0, 0.05) is 25.1 Å². The number of halogens is 1. The van der Waals surface area contributed by atoms with E-state index in [0.29, 0.717) is 18.6 Å². The first-order chi connectivity index (χ1) is 14.2.